The van der Waals surface area contributed by atoms with Gasteiger partial charge in [-0.05, 0) is 31.6 Å². The van der Waals surface area contributed by atoms with Gasteiger partial charge in [-0.3, -0.25) is 4.90 Å². The maximum Gasteiger partial charge on any atom is 0.0720 e. The molecule has 0 aromatic heterocycles. The van der Waals surface area contributed by atoms with Crippen LogP contribution in [0.5, 0.6) is 0 Å². The van der Waals surface area contributed by atoms with Gasteiger partial charge in [-0.2, -0.15) is 0 Å². The van der Waals surface area contributed by atoms with Crippen LogP contribution < -0.4 is 5.73 Å². The molecule has 0 spiro atoms. The molecule has 1 heterocycles. The van der Waals surface area contributed by atoms with Crippen LogP contribution in [0.4, 0.5) is 0 Å². The third kappa shape index (κ3) is 6.33. The Morgan fingerprint density at radius 3 is 2.60 bits per heavy atom. The van der Waals surface area contributed by atoms with Gasteiger partial charge in [0.05, 0.1) is 18.8 Å². The van der Waals surface area contributed by atoms with Gasteiger partial charge in [-0.25, -0.2) is 0 Å². The van der Waals surface area contributed by atoms with E-state index in [1.165, 1.54) is 10.5 Å². The lowest BCUT2D eigenvalue weighted by Crippen LogP contribution is -2.47. The molecule has 0 bridgehead atoms. The zero-order valence-electron chi connectivity index (χ0n) is 15.9. The quantitative estimate of drug-likeness (QED) is 0.730. The summed E-state index contributed by atoms with van der Waals surface area (Å²) in [6, 6.07) is 10.7. The summed E-state index contributed by atoms with van der Waals surface area (Å²) >= 11 is 1.81. The summed E-state index contributed by atoms with van der Waals surface area (Å²) in [6.07, 6.45) is 6.91. The van der Waals surface area contributed by atoms with E-state index in [0.717, 1.165) is 32.5 Å². The zero-order chi connectivity index (χ0) is 18.1. The molecule has 0 saturated carbocycles. The molecule has 1 fully saturated rings. The monoisotopic (exact) mass is 363 g/mol. The van der Waals surface area contributed by atoms with Crippen molar-refractivity contribution >= 4 is 11.8 Å². The summed E-state index contributed by atoms with van der Waals surface area (Å²) in [5.41, 5.74) is 7.37. The number of likely N-dealkylation sites (tertiary alicyclic amines) is 1. The third-order valence-corrected chi connectivity index (χ3v) is 5.73. The minimum Gasteiger partial charge on any atom is -0.380 e. The highest BCUT2D eigenvalue weighted by Gasteiger charge is 2.27. The number of nitrogens with two attached hydrogens (primary N) is 1. The van der Waals surface area contributed by atoms with Crippen molar-refractivity contribution in [2.45, 2.75) is 38.5 Å². The predicted molar refractivity (Wildman–Crippen MR) is 109 cm³/mol. The molecule has 2 rings (SSSR count). The smallest absolute Gasteiger partial charge is 0.0720 e. The number of rotatable bonds is 9. The molecule has 4 nitrogen and oxygen atoms in total. The van der Waals surface area contributed by atoms with E-state index in [4.69, 9.17) is 10.5 Å². The molecule has 140 valence electrons. The normalized spacial score (nSPS) is 18.3. The Balaban J connectivity index is 1.85. The Morgan fingerprint density at radius 2 is 2.04 bits per heavy atom. The number of nitrogens with zero attached hydrogens (tertiary/aromatic N) is 2. The Bertz CT molecular complexity index is 515. The van der Waals surface area contributed by atoms with Gasteiger partial charge < -0.3 is 15.4 Å². The molecule has 1 atom stereocenters. The molecule has 0 aliphatic carbocycles. The minimum atomic E-state index is 0.319. The number of thioether (sulfide) groups is 1. The van der Waals surface area contributed by atoms with Crippen LogP contribution in [-0.2, 0) is 11.3 Å². The van der Waals surface area contributed by atoms with Crippen LogP contribution in [0.2, 0.25) is 0 Å². The first-order valence-electron chi connectivity index (χ1n) is 9.23. The molecule has 1 saturated heterocycles. The second-order valence-electron chi connectivity index (χ2n) is 6.59. The van der Waals surface area contributed by atoms with Crippen LogP contribution in [-0.4, -0.2) is 61.4 Å². The second-order valence-corrected chi connectivity index (χ2v) is 7.47. The Hall–Kier alpha value is -1.01. The fourth-order valence-electron chi connectivity index (χ4n) is 3.17. The summed E-state index contributed by atoms with van der Waals surface area (Å²) in [5, 5.41) is 0. The topological polar surface area (TPSA) is 41.7 Å². The van der Waals surface area contributed by atoms with Crippen molar-refractivity contribution in [2.24, 2.45) is 5.73 Å². The number of benzene rings is 1. The van der Waals surface area contributed by atoms with Crippen molar-refractivity contribution in [2.75, 3.05) is 39.5 Å². The minimum absolute atomic E-state index is 0.319. The maximum absolute atomic E-state index is 6.12. The summed E-state index contributed by atoms with van der Waals surface area (Å²) in [4.78, 5) is 6.11. The highest BCUT2D eigenvalue weighted by Crippen LogP contribution is 2.25. The number of ether oxygens (including phenoxy) is 1. The van der Waals surface area contributed by atoms with Crippen LogP contribution in [0.1, 0.15) is 25.3 Å². The van der Waals surface area contributed by atoms with Gasteiger partial charge in [0.1, 0.15) is 0 Å². The lowest BCUT2D eigenvalue weighted by Gasteiger charge is -2.38. The van der Waals surface area contributed by atoms with Gasteiger partial charge in [-0.15, -0.1) is 11.8 Å². The molecular weight excluding hydrogens is 330 g/mol. The Labute approximate surface area is 157 Å². The highest BCUT2D eigenvalue weighted by atomic mass is 32.2. The molecule has 1 aromatic carbocycles. The lowest BCUT2D eigenvalue weighted by atomic mass is 10.0. The van der Waals surface area contributed by atoms with Crippen molar-refractivity contribution in [3.05, 3.63) is 47.0 Å². The number of hydrogen-bond donors (Lipinski definition) is 1. The second kappa shape index (κ2) is 10.9. The average molecular weight is 364 g/mol. The van der Waals surface area contributed by atoms with E-state index in [-0.39, 0.29) is 0 Å². The van der Waals surface area contributed by atoms with Crippen molar-refractivity contribution < 1.29 is 4.74 Å². The van der Waals surface area contributed by atoms with Crippen molar-refractivity contribution in [1.82, 2.24) is 9.80 Å². The molecular formula is C20H33N3OS. The van der Waals surface area contributed by atoms with E-state index in [1.807, 2.05) is 17.8 Å². The van der Waals surface area contributed by atoms with Gasteiger partial charge in [-0.1, -0.05) is 30.3 Å². The third-order valence-electron chi connectivity index (χ3n) is 4.88. The standard InChI is InChI=1S/C20H33N3OS/c1-4-22(2)15-20(25-3)19(14-21)23-12-10-18(11-13-23)24-16-17-8-6-5-7-9-17/h5-9,15,18-19H,4,10-14,16,21H2,1-3H3. The van der Waals surface area contributed by atoms with E-state index in [0.29, 0.717) is 25.3 Å². The molecule has 1 aliphatic heterocycles. The molecule has 5 heteroatoms. The predicted octanol–water partition coefficient (Wildman–Crippen LogP) is 3.15. The molecule has 2 N–H and O–H groups in total. The molecule has 1 aliphatic rings. The van der Waals surface area contributed by atoms with Crippen LogP contribution in [0.3, 0.4) is 0 Å². The maximum atomic E-state index is 6.12. The van der Waals surface area contributed by atoms with Crippen molar-refractivity contribution in [1.29, 1.82) is 0 Å². The van der Waals surface area contributed by atoms with Gasteiger partial charge in [0.25, 0.3) is 0 Å². The molecule has 0 radical (unpaired) electrons. The van der Waals surface area contributed by atoms with Crippen LogP contribution in [0, 0.1) is 0 Å². The first-order valence-corrected chi connectivity index (χ1v) is 10.5. The molecule has 1 aromatic rings. The fraction of sp³-hybridized carbons (Fsp3) is 0.600. The molecule has 25 heavy (non-hydrogen) atoms. The van der Waals surface area contributed by atoms with Gasteiger partial charge in [0.15, 0.2) is 0 Å². The van der Waals surface area contributed by atoms with E-state index in [9.17, 15) is 0 Å². The molecule has 0 amide bonds. The van der Waals surface area contributed by atoms with Crippen LogP contribution >= 0.6 is 11.8 Å². The van der Waals surface area contributed by atoms with E-state index >= 15 is 0 Å². The average Bonchev–Trinajstić information content (AvgIpc) is 2.67. The summed E-state index contributed by atoms with van der Waals surface area (Å²) in [6.45, 7) is 6.66. The van der Waals surface area contributed by atoms with E-state index in [2.05, 4.69) is 60.5 Å². The van der Waals surface area contributed by atoms with Crippen LogP contribution in [0.25, 0.3) is 0 Å². The van der Waals surface area contributed by atoms with E-state index in [1.54, 1.807) is 0 Å². The van der Waals surface area contributed by atoms with E-state index < -0.39 is 0 Å². The van der Waals surface area contributed by atoms with Gasteiger partial charge in [0, 0.05) is 44.3 Å². The number of piperidine rings is 1. The lowest BCUT2D eigenvalue weighted by molar-refractivity contribution is -0.00697. The zero-order valence-corrected chi connectivity index (χ0v) is 16.7. The first-order chi connectivity index (χ1) is 12.2. The molecule has 1 unspecified atom stereocenters. The Kier molecular flexibility index (Phi) is 8.82. The van der Waals surface area contributed by atoms with Gasteiger partial charge >= 0.3 is 0 Å². The highest BCUT2D eigenvalue weighted by molar-refractivity contribution is 8.02. The first kappa shape index (κ1) is 20.3. The summed E-state index contributed by atoms with van der Waals surface area (Å²) in [7, 11) is 2.12. The van der Waals surface area contributed by atoms with Crippen molar-refractivity contribution in [3.8, 4) is 0 Å². The van der Waals surface area contributed by atoms with Crippen LogP contribution in [0.15, 0.2) is 41.4 Å². The fourth-order valence-corrected chi connectivity index (χ4v) is 3.97. The van der Waals surface area contributed by atoms with Crippen molar-refractivity contribution in [3.63, 3.8) is 0 Å². The SMILES string of the molecule is CCN(C)C=C(SC)C(CN)N1CCC(OCc2ccccc2)CC1. The number of hydrogen-bond acceptors (Lipinski definition) is 5. The largest absolute Gasteiger partial charge is 0.380 e. The van der Waals surface area contributed by atoms with Gasteiger partial charge in [0.2, 0.25) is 0 Å². The summed E-state index contributed by atoms with van der Waals surface area (Å²) < 4.78 is 6.11. The summed E-state index contributed by atoms with van der Waals surface area (Å²) in [5.74, 6) is 0. The Morgan fingerprint density at radius 1 is 1.36 bits per heavy atom.